The molecule has 0 amide bonds. The fourth-order valence-electron chi connectivity index (χ4n) is 1.81. The molecule has 19 heavy (non-hydrogen) atoms. The summed E-state index contributed by atoms with van der Waals surface area (Å²) in [6, 6.07) is 6.30. The first-order chi connectivity index (χ1) is 9.13. The van der Waals surface area contributed by atoms with Crippen LogP contribution in [0.3, 0.4) is 0 Å². The number of nitrogens with zero attached hydrogens (tertiary/aromatic N) is 3. The highest BCUT2D eigenvalue weighted by atomic mass is 19.1. The molecule has 98 valence electrons. The second-order valence-corrected chi connectivity index (χ2v) is 4.30. The second-order valence-electron chi connectivity index (χ2n) is 4.30. The van der Waals surface area contributed by atoms with E-state index in [9.17, 15) is 4.39 Å². The molecule has 1 unspecified atom stereocenters. The number of hydrogen-bond acceptors (Lipinski definition) is 3. The largest absolute Gasteiger partial charge is 0.378 e. The summed E-state index contributed by atoms with van der Waals surface area (Å²) in [7, 11) is 0. The number of aryl methyl sites for hydroxylation is 1. The molecule has 0 spiro atoms. The summed E-state index contributed by atoms with van der Waals surface area (Å²) in [5.41, 5.74) is 1.81. The van der Waals surface area contributed by atoms with Gasteiger partial charge in [-0.3, -0.25) is 4.68 Å². The van der Waals surface area contributed by atoms with E-state index in [2.05, 4.69) is 10.4 Å². The summed E-state index contributed by atoms with van der Waals surface area (Å²) >= 11 is 0. The van der Waals surface area contributed by atoms with E-state index in [1.807, 2.05) is 30.8 Å². The topological polar surface area (TPSA) is 53.6 Å². The number of nitriles is 1. The lowest BCUT2D eigenvalue weighted by Gasteiger charge is -2.13. The molecule has 0 aliphatic carbocycles. The lowest BCUT2D eigenvalue weighted by atomic mass is 10.1. The Morgan fingerprint density at radius 1 is 1.53 bits per heavy atom. The van der Waals surface area contributed by atoms with Gasteiger partial charge in [-0.2, -0.15) is 10.4 Å². The van der Waals surface area contributed by atoms with Crippen molar-refractivity contribution < 1.29 is 4.39 Å². The number of nitrogens with one attached hydrogen (secondary N) is 1. The fraction of sp³-hybridized carbons (Fsp3) is 0.286. The van der Waals surface area contributed by atoms with Crippen LogP contribution in [0, 0.1) is 17.1 Å². The Labute approximate surface area is 111 Å². The zero-order valence-electron chi connectivity index (χ0n) is 10.9. The van der Waals surface area contributed by atoms with Crippen molar-refractivity contribution in [3.8, 4) is 6.07 Å². The first-order valence-electron chi connectivity index (χ1n) is 6.12. The summed E-state index contributed by atoms with van der Waals surface area (Å²) in [6.07, 6.45) is 3.77. The van der Waals surface area contributed by atoms with Crippen LogP contribution in [0.2, 0.25) is 0 Å². The monoisotopic (exact) mass is 258 g/mol. The highest BCUT2D eigenvalue weighted by molar-refractivity contribution is 5.51. The highest BCUT2D eigenvalue weighted by Gasteiger charge is 2.09. The van der Waals surface area contributed by atoms with Crippen molar-refractivity contribution in [2.24, 2.45) is 0 Å². The first-order valence-corrected chi connectivity index (χ1v) is 6.12. The zero-order valence-corrected chi connectivity index (χ0v) is 10.9. The van der Waals surface area contributed by atoms with Gasteiger partial charge in [-0.25, -0.2) is 4.39 Å². The summed E-state index contributed by atoms with van der Waals surface area (Å²) in [5, 5.41) is 16.2. The average molecular weight is 258 g/mol. The summed E-state index contributed by atoms with van der Waals surface area (Å²) in [6.45, 7) is 4.84. The van der Waals surface area contributed by atoms with E-state index in [1.165, 1.54) is 12.1 Å². The van der Waals surface area contributed by atoms with Gasteiger partial charge in [0.1, 0.15) is 11.9 Å². The van der Waals surface area contributed by atoms with E-state index < -0.39 is 5.82 Å². The minimum absolute atomic E-state index is 0.0392. The quantitative estimate of drug-likeness (QED) is 0.916. The van der Waals surface area contributed by atoms with Crippen molar-refractivity contribution in [2.45, 2.75) is 26.4 Å². The molecule has 1 heterocycles. The van der Waals surface area contributed by atoms with Crippen molar-refractivity contribution >= 4 is 5.69 Å². The number of benzene rings is 1. The average Bonchev–Trinajstić information content (AvgIpc) is 2.90. The maximum atomic E-state index is 13.2. The Morgan fingerprint density at radius 2 is 2.32 bits per heavy atom. The van der Waals surface area contributed by atoms with Crippen LogP contribution in [0.1, 0.15) is 31.0 Å². The van der Waals surface area contributed by atoms with Gasteiger partial charge >= 0.3 is 0 Å². The maximum Gasteiger partial charge on any atom is 0.141 e. The standard InChI is InChI=1S/C14H15FN4/c1-3-19-9-12(8-17-19)10(2)18-13-4-5-14(15)11(6-13)7-16/h4-6,8-10,18H,3H2,1-2H3. The molecule has 0 fully saturated rings. The molecule has 0 radical (unpaired) electrons. The molecule has 0 aliphatic heterocycles. The molecular formula is C14H15FN4. The molecule has 0 saturated heterocycles. The van der Waals surface area contributed by atoms with E-state index in [-0.39, 0.29) is 11.6 Å². The van der Waals surface area contributed by atoms with Crippen LogP contribution in [0.15, 0.2) is 30.6 Å². The van der Waals surface area contributed by atoms with Gasteiger partial charge in [-0.15, -0.1) is 0 Å². The Morgan fingerprint density at radius 3 is 2.95 bits per heavy atom. The van der Waals surface area contributed by atoms with Gasteiger partial charge in [0.2, 0.25) is 0 Å². The van der Waals surface area contributed by atoms with Gasteiger partial charge in [-0.05, 0) is 32.0 Å². The fourth-order valence-corrected chi connectivity index (χ4v) is 1.81. The van der Waals surface area contributed by atoms with E-state index in [0.717, 1.165) is 17.8 Å². The maximum absolute atomic E-state index is 13.2. The van der Waals surface area contributed by atoms with Crippen molar-refractivity contribution in [3.05, 3.63) is 47.5 Å². The van der Waals surface area contributed by atoms with Gasteiger partial charge < -0.3 is 5.32 Å². The van der Waals surface area contributed by atoms with Crippen molar-refractivity contribution in [1.82, 2.24) is 9.78 Å². The number of anilines is 1. The normalized spacial score (nSPS) is 11.9. The number of hydrogen-bond donors (Lipinski definition) is 1. The van der Waals surface area contributed by atoms with Crippen LogP contribution in [0.25, 0.3) is 0 Å². The number of aromatic nitrogens is 2. The van der Waals surface area contributed by atoms with Crippen LogP contribution in [0.5, 0.6) is 0 Å². The van der Waals surface area contributed by atoms with Crippen LogP contribution >= 0.6 is 0 Å². The third-order valence-electron chi connectivity index (χ3n) is 2.95. The van der Waals surface area contributed by atoms with Crippen molar-refractivity contribution in [3.63, 3.8) is 0 Å². The predicted octanol–water partition coefficient (Wildman–Crippen LogP) is 3.09. The van der Waals surface area contributed by atoms with E-state index in [4.69, 9.17) is 5.26 Å². The third-order valence-corrected chi connectivity index (χ3v) is 2.95. The molecule has 1 N–H and O–H groups in total. The Kier molecular flexibility index (Phi) is 3.81. The molecular weight excluding hydrogens is 243 g/mol. The molecule has 2 rings (SSSR count). The Bertz CT molecular complexity index is 612. The molecule has 1 atom stereocenters. The number of rotatable bonds is 4. The van der Waals surface area contributed by atoms with Crippen LogP contribution in [-0.4, -0.2) is 9.78 Å². The molecule has 0 bridgehead atoms. The smallest absolute Gasteiger partial charge is 0.141 e. The van der Waals surface area contributed by atoms with Gasteiger partial charge in [0.15, 0.2) is 0 Å². The molecule has 0 saturated carbocycles. The molecule has 1 aromatic heterocycles. The molecule has 2 aromatic rings. The van der Waals surface area contributed by atoms with Crippen LogP contribution in [0.4, 0.5) is 10.1 Å². The Balaban J connectivity index is 2.14. The second kappa shape index (κ2) is 5.53. The number of halogens is 1. The van der Waals surface area contributed by atoms with Gasteiger partial charge in [0, 0.05) is 24.0 Å². The van der Waals surface area contributed by atoms with E-state index in [0.29, 0.717) is 0 Å². The van der Waals surface area contributed by atoms with Crippen molar-refractivity contribution in [1.29, 1.82) is 5.26 Å². The lowest BCUT2D eigenvalue weighted by molar-refractivity contribution is 0.624. The molecule has 4 nitrogen and oxygen atoms in total. The zero-order chi connectivity index (χ0) is 13.8. The first kappa shape index (κ1) is 13.1. The van der Waals surface area contributed by atoms with Crippen LogP contribution in [-0.2, 0) is 6.54 Å². The van der Waals surface area contributed by atoms with E-state index >= 15 is 0 Å². The van der Waals surface area contributed by atoms with E-state index in [1.54, 1.807) is 12.3 Å². The SMILES string of the molecule is CCn1cc(C(C)Nc2ccc(F)c(C#N)c2)cn1. The Hall–Kier alpha value is -2.35. The van der Waals surface area contributed by atoms with Gasteiger partial charge in [-0.1, -0.05) is 0 Å². The minimum atomic E-state index is -0.500. The summed E-state index contributed by atoms with van der Waals surface area (Å²) in [5.74, 6) is -0.500. The summed E-state index contributed by atoms with van der Waals surface area (Å²) in [4.78, 5) is 0. The third kappa shape index (κ3) is 2.91. The van der Waals surface area contributed by atoms with Gasteiger partial charge in [0.25, 0.3) is 0 Å². The highest BCUT2D eigenvalue weighted by Crippen LogP contribution is 2.20. The minimum Gasteiger partial charge on any atom is -0.378 e. The molecule has 1 aromatic carbocycles. The van der Waals surface area contributed by atoms with Gasteiger partial charge in [0.05, 0.1) is 17.8 Å². The summed E-state index contributed by atoms with van der Waals surface area (Å²) < 4.78 is 15.1. The molecule has 0 aliphatic rings. The predicted molar refractivity (Wildman–Crippen MR) is 71.1 cm³/mol. The van der Waals surface area contributed by atoms with Crippen molar-refractivity contribution in [2.75, 3.05) is 5.32 Å². The van der Waals surface area contributed by atoms with Crippen LogP contribution < -0.4 is 5.32 Å². The lowest BCUT2D eigenvalue weighted by Crippen LogP contribution is -2.06. The molecule has 5 heteroatoms.